The lowest BCUT2D eigenvalue weighted by molar-refractivity contribution is -0.122. The number of nitrogens with zero attached hydrogens (tertiary/aromatic N) is 2. The molecule has 0 bridgehead atoms. The Hall–Kier alpha value is -1.75. The fourth-order valence-corrected chi connectivity index (χ4v) is 2.91. The topological polar surface area (TPSA) is 98.2 Å². The lowest BCUT2D eigenvalue weighted by Gasteiger charge is -2.32. The van der Waals surface area contributed by atoms with Crippen LogP contribution in [0.25, 0.3) is 0 Å². The molecule has 0 radical (unpaired) electrons. The third kappa shape index (κ3) is 7.41. The quantitative estimate of drug-likeness (QED) is 0.268. The van der Waals surface area contributed by atoms with Gasteiger partial charge in [0.05, 0.1) is 13.7 Å². The Morgan fingerprint density at radius 2 is 2.07 bits per heavy atom. The zero-order chi connectivity index (χ0) is 18.9. The summed E-state index contributed by atoms with van der Waals surface area (Å²) in [4.78, 5) is 17.9. The average Bonchev–Trinajstić information content (AvgIpc) is 2.67. The van der Waals surface area contributed by atoms with Crippen molar-refractivity contribution in [3.8, 4) is 11.5 Å². The van der Waals surface area contributed by atoms with Gasteiger partial charge in [-0.05, 0) is 31.0 Å². The molecule has 2 rings (SSSR count). The number of guanidine groups is 1. The molecule has 0 atom stereocenters. The van der Waals surface area contributed by atoms with E-state index in [1.165, 1.54) is 0 Å². The summed E-state index contributed by atoms with van der Waals surface area (Å²) in [6, 6.07) is 5.44. The highest BCUT2D eigenvalue weighted by Crippen LogP contribution is 2.22. The molecule has 1 amide bonds. The highest BCUT2D eigenvalue weighted by molar-refractivity contribution is 14.0. The molecule has 9 heteroatoms. The predicted molar refractivity (Wildman–Crippen MR) is 117 cm³/mol. The fraction of sp³-hybridized carbons (Fsp3) is 0.556. The van der Waals surface area contributed by atoms with E-state index in [0.29, 0.717) is 30.8 Å². The molecule has 0 aliphatic carbocycles. The van der Waals surface area contributed by atoms with Crippen LogP contribution in [0, 0.1) is 0 Å². The van der Waals surface area contributed by atoms with Gasteiger partial charge >= 0.3 is 0 Å². The molecule has 4 N–H and O–H groups in total. The van der Waals surface area contributed by atoms with Crippen LogP contribution >= 0.6 is 24.0 Å². The van der Waals surface area contributed by atoms with Crippen LogP contribution in [0.15, 0.2) is 23.2 Å². The van der Waals surface area contributed by atoms with Crippen molar-refractivity contribution < 1.29 is 14.6 Å². The summed E-state index contributed by atoms with van der Waals surface area (Å²) in [6.45, 7) is 2.64. The van der Waals surface area contributed by atoms with Crippen LogP contribution in [0.1, 0.15) is 18.4 Å². The number of phenols is 1. The molecule has 0 spiro atoms. The van der Waals surface area contributed by atoms with Gasteiger partial charge in [-0.15, -0.1) is 24.0 Å². The summed E-state index contributed by atoms with van der Waals surface area (Å²) < 4.78 is 5.19. The second kappa shape index (κ2) is 11.9. The Labute approximate surface area is 177 Å². The molecule has 1 aliphatic heterocycles. The zero-order valence-corrected chi connectivity index (χ0v) is 18.4. The molecule has 1 aromatic rings. The van der Waals surface area contributed by atoms with E-state index in [0.717, 1.165) is 31.5 Å². The third-order valence-corrected chi connectivity index (χ3v) is 4.53. The number of phenolic OH excluding ortho intramolecular Hbond substituents is 1. The molecule has 1 aliphatic rings. The molecule has 27 heavy (non-hydrogen) atoms. The Bertz CT molecular complexity index is 633. The van der Waals surface area contributed by atoms with Crippen molar-refractivity contribution in [3.63, 3.8) is 0 Å². The lowest BCUT2D eigenvalue weighted by Crippen LogP contribution is -2.49. The lowest BCUT2D eigenvalue weighted by atomic mass is 10.1. The van der Waals surface area contributed by atoms with Crippen LogP contribution < -0.4 is 20.7 Å². The van der Waals surface area contributed by atoms with Gasteiger partial charge in [0.1, 0.15) is 11.5 Å². The van der Waals surface area contributed by atoms with E-state index in [9.17, 15) is 9.90 Å². The number of aromatic hydroxyl groups is 1. The molecule has 0 unspecified atom stereocenters. The van der Waals surface area contributed by atoms with E-state index >= 15 is 0 Å². The van der Waals surface area contributed by atoms with Gasteiger partial charge in [-0.25, -0.2) is 0 Å². The minimum absolute atomic E-state index is 0. The van der Waals surface area contributed by atoms with E-state index in [4.69, 9.17) is 4.74 Å². The summed E-state index contributed by atoms with van der Waals surface area (Å²) in [7, 11) is 4.98. The van der Waals surface area contributed by atoms with E-state index in [2.05, 4.69) is 25.8 Å². The highest BCUT2D eigenvalue weighted by atomic mass is 127. The predicted octanol–water partition coefficient (Wildman–Crippen LogP) is 0.894. The number of likely N-dealkylation sites (N-methyl/N-ethyl adjacent to an activating group) is 1. The maximum atomic E-state index is 11.5. The normalized spacial score (nSPS) is 15.6. The van der Waals surface area contributed by atoms with Gasteiger partial charge in [0.25, 0.3) is 0 Å². The first-order valence-corrected chi connectivity index (χ1v) is 8.81. The summed E-state index contributed by atoms with van der Waals surface area (Å²) in [6.07, 6.45) is 1.89. The van der Waals surface area contributed by atoms with Gasteiger partial charge in [0, 0.05) is 45.3 Å². The van der Waals surface area contributed by atoms with E-state index < -0.39 is 0 Å². The maximum Gasteiger partial charge on any atom is 0.233 e. The van der Waals surface area contributed by atoms with Crippen molar-refractivity contribution in [3.05, 3.63) is 23.8 Å². The number of nitrogens with one attached hydrogen (secondary N) is 3. The van der Waals surface area contributed by atoms with Crippen LogP contribution in [0.4, 0.5) is 0 Å². The van der Waals surface area contributed by atoms with Crippen molar-refractivity contribution in [2.75, 3.05) is 40.8 Å². The molecule has 1 saturated heterocycles. The van der Waals surface area contributed by atoms with Crippen molar-refractivity contribution in [2.45, 2.75) is 25.4 Å². The maximum absolute atomic E-state index is 11.5. The molecule has 1 heterocycles. The first-order valence-electron chi connectivity index (χ1n) is 8.81. The largest absolute Gasteiger partial charge is 0.508 e. The number of benzene rings is 1. The first kappa shape index (κ1) is 23.3. The zero-order valence-electron chi connectivity index (χ0n) is 16.1. The molecular formula is C18H30IN5O3. The molecule has 8 nitrogen and oxygen atoms in total. The number of carbonyl (C=O) groups is 1. The van der Waals surface area contributed by atoms with E-state index in [-0.39, 0.29) is 35.6 Å². The third-order valence-electron chi connectivity index (χ3n) is 4.53. The summed E-state index contributed by atoms with van der Waals surface area (Å²) in [5, 5.41) is 19.3. The highest BCUT2D eigenvalue weighted by Gasteiger charge is 2.21. The van der Waals surface area contributed by atoms with Crippen LogP contribution in [-0.4, -0.2) is 68.8 Å². The molecule has 1 fully saturated rings. The molecule has 152 valence electrons. The summed E-state index contributed by atoms with van der Waals surface area (Å²) in [5.41, 5.74) is 0.743. The van der Waals surface area contributed by atoms with Crippen molar-refractivity contribution >= 4 is 35.8 Å². The van der Waals surface area contributed by atoms with E-state index in [1.54, 1.807) is 39.4 Å². The van der Waals surface area contributed by atoms with Crippen molar-refractivity contribution in [2.24, 2.45) is 4.99 Å². The number of carbonyl (C=O) groups excluding carboxylic acids is 1. The second-order valence-electron chi connectivity index (χ2n) is 6.29. The molecule has 0 saturated carbocycles. The Kier molecular flexibility index (Phi) is 10.2. The Balaban J connectivity index is 0.00000364. The first-order chi connectivity index (χ1) is 12.5. The monoisotopic (exact) mass is 491 g/mol. The molecular weight excluding hydrogens is 461 g/mol. The van der Waals surface area contributed by atoms with E-state index in [1.807, 2.05) is 0 Å². The van der Waals surface area contributed by atoms with Gasteiger partial charge < -0.3 is 25.8 Å². The number of rotatable bonds is 6. The molecule has 0 aromatic heterocycles. The number of ether oxygens (including phenoxy) is 1. The van der Waals surface area contributed by atoms with Gasteiger partial charge in [-0.3, -0.25) is 14.7 Å². The van der Waals surface area contributed by atoms with Crippen molar-refractivity contribution in [1.29, 1.82) is 0 Å². The minimum atomic E-state index is 0. The van der Waals surface area contributed by atoms with Crippen LogP contribution in [0.3, 0.4) is 0 Å². The number of hydrogen-bond acceptors (Lipinski definition) is 5. The fourth-order valence-electron chi connectivity index (χ4n) is 2.91. The number of piperidine rings is 1. The Morgan fingerprint density at radius 1 is 1.37 bits per heavy atom. The summed E-state index contributed by atoms with van der Waals surface area (Å²) >= 11 is 0. The standard InChI is InChI=1S/C18H29N5O3.HI/c1-19-17(25)12-23-8-6-14(7-9-23)22-18(20-2)21-11-13-10-15(26-3)4-5-16(13)24;/h4-5,10,14,24H,6-9,11-12H2,1-3H3,(H,19,25)(H2,20,21,22);1H. The number of hydrogen-bond donors (Lipinski definition) is 4. The number of methoxy groups -OCH3 is 1. The second-order valence-corrected chi connectivity index (χ2v) is 6.29. The van der Waals surface area contributed by atoms with Crippen LogP contribution in [0.5, 0.6) is 11.5 Å². The van der Waals surface area contributed by atoms with Crippen LogP contribution in [-0.2, 0) is 11.3 Å². The van der Waals surface area contributed by atoms with Gasteiger partial charge in [-0.1, -0.05) is 0 Å². The number of amides is 1. The number of halogens is 1. The molecule has 1 aromatic carbocycles. The van der Waals surface area contributed by atoms with Crippen LogP contribution in [0.2, 0.25) is 0 Å². The van der Waals surface area contributed by atoms with Gasteiger partial charge in [0.2, 0.25) is 5.91 Å². The number of likely N-dealkylation sites (tertiary alicyclic amines) is 1. The minimum Gasteiger partial charge on any atom is -0.508 e. The van der Waals surface area contributed by atoms with Crippen molar-refractivity contribution in [1.82, 2.24) is 20.9 Å². The number of aliphatic imine (C=N–C) groups is 1. The summed E-state index contributed by atoms with van der Waals surface area (Å²) in [5.74, 6) is 1.66. The smallest absolute Gasteiger partial charge is 0.233 e. The average molecular weight is 491 g/mol. The Morgan fingerprint density at radius 3 is 2.67 bits per heavy atom. The van der Waals surface area contributed by atoms with Gasteiger partial charge in [0.15, 0.2) is 5.96 Å². The van der Waals surface area contributed by atoms with Gasteiger partial charge in [-0.2, -0.15) is 0 Å². The SMILES string of the molecule is CN=C(NCc1cc(OC)ccc1O)NC1CCN(CC(=O)NC)CC1.I.